The Balaban J connectivity index is 1.31. The fraction of sp³-hybridized carbons (Fsp3) is 0.440. The van der Waals surface area contributed by atoms with Gasteiger partial charge in [0.1, 0.15) is 12.6 Å². The van der Waals surface area contributed by atoms with Crippen molar-refractivity contribution >= 4 is 12.0 Å². The third kappa shape index (κ3) is 5.44. The van der Waals surface area contributed by atoms with Gasteiger partial charge < -0.3 is 14.7 Å². The normalized spacial score (nSPS) is 21.8. The number of ether oxygens (including phenoxy) is 1. The third-order valence-corrected chi connectivity index (χ3v) is 6.30. The van der Waals surface area contributed by atoms with Gasteiger partial charge >= 0.3 is 6.09 Å². The van der Waals surface area contributed by atoms with Gasteiger partial charge in [-0.15, -0.1) is 0 Å². The van der Waals surface area contributed by atoms with E-state index < -0.39 is 18.2 Å². The van der Waals surface area contributed by atoms with Gasteiger partial charge in [-0.25, -0.2) is 4.79 Å². The molecule has 31 heavy (non-hydrogen) atoms. The predicted molar refractivity (Wildman–Crippen MR) is 117 cm³/mol. The average Bonchev–Trinajstić information content (AvgIpc) is 3.20. The summed E-state index contributed by atoms with van der Waals surface area (Å²) in [6.45, 7) is 1.66. The molecule has 2 aromatic rings. The van der Waals surface area contributed by atoms with E-state index in [-0.39, 0.29) is 25.5 Å². The molecule has 2 aliphatic rings. The smallest absolute Gasteiger partial charge is 0.410 e. The highest BCUT2D eigenvalue weighted by molar-refractivity contribution is 5.86. The molecule has 2 amide bonds. The van der Waals surface area contributed by atoms with Crippen LogP contribution in [-0.4, -0.2) is 58.7 Å². The molecule has 2 atom stereocenters. The highest BCUT2D eigenvalue weighted by atomic mass is 16.6. The van der Waals surface area contributed by atoms with E-state index in [2.05, 4.69) is 24.3 Å². The maximum absolute atomic E-state index is 13.2. The van der Waals surface area contributed by atoms with E-state index in [1.165, 1.54) is 10.5 Å². The van der Waals surface area contributed by atoms with Crippen LogP contribution in [0.2, 0.25) is 0 Å². The Morgan fingerprint density at radius 2 is 1.55 bits per heavy atom. The van der Waals surface area contributed by atoms with Crippen LogP contribution in [0.1, 0.15) is 30.4 Å². The zero-order valence-corrected chi connectivity index (χ0v) is 17.7. The molecule has 1 N–H and O–H groups in total. The minimum absolute atomic E-state index is 0.0774. The van der Waals surface area contributed by atoms with Crippen molar-refractivity contribution in [3.63, 3.8) is 0 Å². The first-order valence-electron chi connectivity index (χ1n) is 11.1. The first-order valence-corrected chi connectivity index (χ1v) is 11.1. The number of rotatable bonds is 5. The van der Waals surface area contributed by atoms with E-state index in [1.807, 2.05) is 41.3 Å². The van der Waals surface area contributed by atoms with Crippen molar-refractivity contribution in [3.8, 4) is 0 Å². The molecule has 0 unspecified atom stereocenters. The Bertz CT molecular complexity index is 866. The van der Waals surface area contributed by atoms with Crippen LogP contribution in [0.25, 0.3) is 0 Å². The second kappa shape index (κ2) is 9.96. The molecule has 164 valence electrons. The fourth-order valence-corrected chi connectivity index (χ4v) is 4.57. The molecule has 0 saturated carbocycles. The van der Waals surface area contributed by atoms with Gasteiger partial charge in [0.05, 0.1) is 12.6 Å². The van der Waals surface area contributed by atoms with Crippen LogP contribution in [0, 0.1) is 5.92 Å². The van der Waals surface area contributed by atoms with Gasteiger partial charge in [0.15, 0.2) is 0 Å². The molecule has 0 spiro atoms. The predicted octanol–water partition coefficient (Wildman–Crippen LogP) is 3.24. The summed E-state index contributed by atoms with van der Waals surface area (Å²) in [5.74, 6) is 0.485. The molecule has 2 saturated heterocycles. The number of aliphatic hydroxyl groups excluding tert-OH is 1. The lowest BCUT2D eigenvalue weighted by molar-refractivity contribution is -0.137. The Kier molecular flexibility index (Phi) is 6.87. The molecule has 6 nitrogen and oxygen atoms in total. The standard InChI is InChI=1S/C25H30N2O4/c28-22-16-23(27(17-22)25(30)31-18-21-9-5-2-6-10-21)24(29)26-13-11-20(12-14-26)15-19-7-3-1-4-8-19/h1-10,20,22-23,28H,11-18H2/t22-,23+/m1/s1. The monoisotopic (exact) mass is 422 g/mol. The minimum atomic E-state index is -0.700. The molecule has 4 rings (SSSR count). The lowest BCUT2D eigenvalue weighted by Crippen LogP contribution is -2.50. The number of amides is 2. The molecule has 2 aliphatic heterocycles. The molecule has 2 heterocycles. The number of carbonyl (C=O) groups excluding carboxylic acids is 2. The van der Waals surface area contributed by atoms with Crippen LogP contribution >= 0.6 is 0 Å². The van der Waals surface area contributed by atoms with Crippen molar-refractivity contribution in [2.45, 2.75) is 44.4 Å². The number of carbonyl (C=O) groups is 2. The van der Waals surface area contributed by atoms with Gasteiger partial charge in [0, 0.05) is 19.5 Å². The lowest BCUT2D eigenvalue weighted by atomic mass is 9.90. The van der Waals surface area contributed by atoms with Crippen molar-refractivity contribution in [2.24, 2.45) is 5.92 Å². The van der Waals surface area contributed by atoms with Crippen LogP contribution in [0.5, 0.6) is 0 Å². The summed E-state index contributed by atoms with van der Waals surface area (Å²) in [6.07, 6.45) is 1.96. The number of likely N-dealkylation sites (tertiary alicyclic amines) is 2. The summed E-state index contributed by atoms with van der Waals surface area (Å²) in [7, 11) is 0. The first-order chi connectivity index (χ1) is 15.1. The summed E-state index contributed by atoms with van der Waals surface area (Å²) in [4.78, 5) is 29.0. The Hall–Kier alpha value is -2.86. The summed E-state index contributed by atoms with van der Waals surface area (Å²) in [6, 6.07) is 19.2. The summed E-state index contributed by atoms with van der Waals surface area (Å²) in [5.41, 5.74) is 2.22. The summed E-state index contributed by atoms with van der Waals surface area (Å²) >= 11 is 0. The van der Waals surface area contributed by atoms with Gasteiger partial charge in [0.2, 0.25) is 5.91 Å². The molecule has 0 aromatic heterocycles. The van der Waals surface area contributed by atoms with E-state index >= 15 is 0 Å². The first kappa shape index (κ1) is 21.4. The van der Waals surface area contributed by atoms with Crippen LogP contribution in [-0.2, 0) is 22.6 Å². The second-order valence-corrected chi connectivity index (χ2v) is 8.56. The van der Waals surface area contributed by atoms with Crippen molar-refractivity contribution < 1.29 is 19.4 Å². The van der Waals surface area contributed by atoms with Crippen LogP contribution in [0.15, 0.2) is 60.7 Å². The van der Waals surface area contributed by atoms with Crippen molar-refractivity contribution in [3.05, 3.63) is 71.8 Å². The Morgan fingerprint density at radius 1 is 0.935 bits per heavy atom. The summed E-state index contributed by atoms with van der Waals surface area (Å²) < 4.78 is 5.42. The molecule has 0 radical (unpaired) electrons. The van der Waals surface area contributed by atoms with E-state index in [4.69, 9.17) is 4.74 Å². The zero-order chi connectivity index (χ0) is 21.6. The van der Waals surface area contributed by atoms with Gasteiger partial charge in [-0.1, -0.05) is 60.7 Å². The van der Waals surface area contributed by atoms with E-state index in [0.717, 1.165) is 24.8 Å². The van der Waals surface area contributed by atoms with Gasteiger partial charge in [-0.2, -0.15) is 0 Å². The number of hydrogen-bond donors (Lipinski definition) is 1. The van der Waals surface area contributed by atoms with E-state index in [1.54, 1.807) is 0 Å². The zero-order valence-electron chi connectivity index (χ0n) is 17.7. The van der Waals surface area contributed by atoms with E-state index in [0.29, 0.717) is 19.0 Å². The summed E-state index contributed by atoms with van der Waals surface area (Å²) in [5, 5.41) is 10.1. The molecule has 6 heteroatoms. The van der Waals surface area contributed by atoms with Crippen LogP contribution in [0.3, 0.4) is 0 Å². The topological polar surface area (TPSA) is 70.1 Å². The highest BCUT2D eigenvalue weighted by Crippen LogP contribution is 2.26. The molecular formula is C25H30N2O4. The van der Waals surface area contributed by atoms with Crippen LogP contribution < -0.4 is 0 Å². The van der Waals surface area contributed by atoms with Crippen molar-refractivity contribution in [1.82, 2.24) is 9.80 Å². The van der Waals surface area contributed by atoms with Gasteiger partial charge in [-0.05, 0) is 36.3 Å². The number of nitrogens with zero attached hydrogens (tertiary/aromatic N) is 2. The quantitative estimate of drug-likeness (QED) is 0.803. The molecule has 2 fully saturated rings. The van der Waals surface area contributed by atoms with Crippen molar-refractivity contribution in [1.29, 1.82) is 0 Å². The highest BCUT2D eigenvalue weighted by Gasteiger charge is 2.42. The SMILES string of the molecule is O=C([C@@H]1C[C@@H](O)CN1C(=O)OCc1ccccc1)N1CCC(Cc2ccccc2)CC1. The second-order valence-electron chi connectivity index (χ2n) is 8.56. The number of piperidine rings is 1. The number of aliphatic hydroxyl groups is 1. The molecule has 0 bridgehead atoms. The molecular weight excluding hydrogens is 392 g/mol. The van der Waals surface area contributed by atoms with E-state index in [9.17, 15) is 14.7 Å². The average molecular weight is 423 g/mol. The molecule has 0 aliphatic carbocycles. The maximum atomic E-state index is 13.2. The number of benzene rings is 2. The Labute approximate surface area is 183 Å². The van der Waals surface area contributed by atoms with Crippen LogP contribution in [0.4, 0.5) is 4.79 Å². The van der Waals surface area contributed by atoms with Gasteiger partial charge in [-0.3, -0.25) is 9.69 Å². The molecule has 2 aromatic carbocycles. The largest absolute Gasteiger partial charge is 0.445 e. The van der Waals surface area contributed by atoms with Crippen molar-refractivity contribution in [2.75, 3.05) is 19.6 Å². The lowest BCUT2D eigenvalue weighted by Gasteiger charge is -2.35. The number of β-amino-alcohol motifs (C(OH)–C–C–N with tert-alkyl or cyclic N) is 1. The minimum Gasteiger partial charge on any atom is -0.445 e. The van der Waals surface area contributed by atoms with Gasteiger partial charge in [0.25, 0.3) is 0 Å². The number of hydrogen-bond acceptors (Lipinski definition) is 4. The maximum Gasteiger partial charge on any atom is 0.410 e. The Morgan fingerprint density at radius 3 is 2.19 bits per heavy atom. The fourth-order valence-electron chi connectivity index (χ4n) is 4.57. The third-order valence-electron chi connectivity index (χ3n) is 6.30.